The third kappa shape index (κ3) is 4.33. The van der Waals surface area contributed by atoms with Gasteiger partial charge in [-0.1, -0.05) is 18.9 Å². The zero-order chi connectivity index (χ0) is 17.2. The molecule has 1 aromatic carbocycles. The third-order valence-corrected chi connectivity index (χ3v) is 5.72. The Bertz CT molecular complexity index is 737. The zero-order valence-electron chi connectivity index (χ0n) is 13.2. The molecule has 0 bridgehead atoms. The first-order valence-corrected chi connectivity index (χ1v) is 9.66. The van der Waals surface area contributed by atoms with Crippen molar-refractivity contribution < 1.29 is 18.0 Å². The lowest BCUT2D eigenvalue weighted by Gasteiger charge is -2.12. The molecule has 2 fully saturated rings. The Morgan fingerprint density at radius 2 is 1.67 bits per heavy atom. The van der Waals surface area contributed by atoms with E-state index < -0.39 is 21.8 Å². The Morgan fingerprint density at radius 3 is 2.33 bits per heavy atom. The summed E-state index contributed by atoms with van der Waals surface area (Å²) < 4.78 is 26.9. The van der Waals surface area contributed by atoms with Crippen LogP contribution in [-0.4, -0.2) is 32.3 Å². The molecule has 1 aromatic rings. The Hall–Kier alpha value is -1.93. The maximum atomic E-state index is 12.2. The minimum Gasteiger partial charge on any atom is -0.345 e. The second-order valence-corrected chi connectivity index (χ2v) is 8.05. The van der Waals surface area contributed by atoms with Crippen LogP contribution in [0.5, 0.6) is 0 Å². The van der Waals surface area contributed by atoms with E-state index in [4.69, 9.17) is 0 Å². The van der Waals surface area contributed by atoms with Crippen LogP contribution in [0.1, 0.15) is 38.5 Å². The molecule has 0 unspecified atom stereocenters. The average molecular weight is 351 g/mol. The smallest absolute Gasteiger partial charge is 0.313 e. The molecule has 7 nitrogen and oxygen atoms in total. The summed E-state index contributed by atoms with van der Waals surface area (Å²) in [6.07, 6.45) is 5.58. The number of nitrogens with one attached hydrogen (secondary N) is 3. The van der Waals surface area contributed by atoms with Gasteiger partial charge in [-0.25, -0.2) is 13.1 Å². The fourth-order valence-electron chi connectivity index (χ4n) is 2.74. The molecule has 0 heterocycles. The van der Waals surface area contributed by atoms with Crippen molar-refractivity contribution in [3.05, 3.63) is 24.3 Å². The molecule has 0 aliphatic heterocycles. The van der Waals surface area contributed by atoms with E-state index in [-0.39, 0.29) is 22.7 Å². The highest BCUT2D eigenvalue weighted by atomic mass is 32.2. The van der Waals surface area contributed by atoms with Crippen LogP contribution in [0.3, 0.4) is 0 Å². The molecule has 0 radical (unpaired) electrons. The quantitative estimate of drug-likeness (QED) is 0.692. The summed E-state index contributed by atoms with van der Waals surface area (Å²) >= 11 is 0. The summed E-state index contributed by atoms with van der Waals surface area (Å²) in [5.41, 5.74) is 0.278. The van der Waals surface area contributed by atoms with Crippen molar-refractivity contribution in [1.29, 1.82) is 0 Å². The van der Waals surface area contributed by atoms with Gasteiger partial charge in [-0.15, -0.1) is 0 Å². The van der Waals surface area contributed by atoms with Gasteiger partial charge in [0.15, 0.2) is 0 Å². The summed E-state index contributed by atoms with van der Waals surface area (Å²) in [4.78, 5) is 23.9. The minimum atomic E-state index is -3.60. The third-order valence-electron chi connectivity index (χ3n) is 4.20. The maximum absolute atomic E-state index is 12.2. The second-order valence-electron chi connectivity index (χ2n) is 6.33. The molecule has 3 N–H and O–H groups in total. The van der Waals surface area contributed by atoms with Crippen molar-refractivity contribution in [3.63, 3.8) is 0 Å². The number of rotatable bonds is 5. The zero-order valence-corrected chi connectivity index (χ0v) is 14.1. The van der Waals surface area contributed by atoms with Crippen molar-refractivity contribution in [2.45, 2.75) is 55.5 Å². The van der Waals surface area contributed by atoms with Gasteiger partial charge in [0.2, 0.25) is 10.0 Å². The Kier molecular flexibility index (Phi) is 4.86. The molecule has 0 atom stereocenters. The number of carbonyl (C=O) groups is 2. The second kappa shape index (κ2) is 6.90. The Balaban J connectivity index is 1.63. The first-order valence-electron chi connectivity index (χ1n) is 8.18. The van der Waals surface area contributed by atoms with Crippen LogP contribution in [0, 0.1) is 0 Å². The highest BCUT2D eigenvalue weighted by molar-refractivity contribution is 7.89. The number of sulfonamides is 1. The topological polar surface area (TPSA) is 104 Å². The van der Waals surface area contributed by atoms with E-state index in [2.05, 4.69) is 15.4 Å². The number of anilines is 1. The van der Waals surface area contributed by atoms with Crippen LogP contribution >= 0.6 is 0 Å². The standard InChI is InChI=1S/C16H21N3O4S/c20-15(17-11-4-1-2-5-11)16(21)18-13-6-3-7-14(10-13)24(22,23)19-12-8-9-12/h3,6-7,10-12,19H,1-2,4-5,8-9H2,(H,17,20)(H,18,21). The normalized spacial score (nSPS) is 18.3. The van der Waals surface area contributed by atoms with Gasteiger partial charge >= 0.3 is 11.8 Å². The summed E-state index contributed by atoms with van der Waals surface area (Å²) in [5, 5.41) is 5.15. The lowest BCUT2D eigenvalue weighted by Crippen LogP contribution is -2.40. The van der Waals surface area contributed by atoms with Gasteiger partial charge in [-0.2, -0.15) is 0 Å². The first kappa shape index (κ1) is 16.9. The van der Waals surface area contributed by atoms with Crippen molar-refractivity contribution in [2.75, 3.05) is 5.32 Å². The Morgan fingerprint density at radius 1 is 0.958 bits per heavy atom. The minimum absolute atomic E-state index is 0.00503. The highest BCUT2D eigenvalue weighted by Gasteiger charge is 2.28. The number of hydrogen-bond acceptors (Lipinski definition) is 4. The molecule has 0 saturated heterocycles. The van der Waals surface area contributed by atoms with E-state index in [9.17, 15) is 18.0 Å². The van der Waals surface area contributed by atoms with Crippen molar-refractivity contribution in [1.82, 2.24) is 10.0 Å². The molecule has 2 aliphatic carbocycles. The van der Waals surface area contributed by atoms with Gasteiger partial charge in [-0.05, 0) is 43.9 Å². The van der Waals surface area contributed by atoms with E-state index in [1.807, 2.05) is 0 Å². The van der Waals surface area contributed by atoms with E-state index in [0.717, 1.165) is 38.5 Å². The molecular formula is C16H21N3O4S. The van der Waals surface area contributed by atoms with Crippen LogP contribution in [0.15, 0.2) is 29.2 Å². The molecule has 2 aliphatic rings. The highest BCUT2D eigenvalue weighted by Crippen LogP contribution is 2.23. The first-order chi connectivity index (χ1) is 11.4. The van der Waals surface area contributed by atoms with E-state index in [1.165, 1.54) is 18.2 Å². The summed E-state index contributed by atoms with van der Waals surface area (Å²) in [6, 6.07) is 5.95. The van der Waals surface area contributed by atoms with Gasteiger partial charge in [0.05, 0.1) is 4.90 Å². The van der Waals surface area contributed by atoms with Gasteiger partial charge in [-0.3, -0.25) is 9.59 Å². The van der Waals surface area contributed by atoms with Gasteiger partial charge in [0.25, 0.3) is 0 Å². The largest absolute Gasteiger partial charge is 0.345 e. The van der Waals surface area contributed by atoms with Gasteiger partial charge < -0.3 is 10.6 Å². The summed E-state index contributed by atoms with van der Waals surface area (Å²) in [7, 11) is -3.60. The van der Waals surface area contributed by atoms with Crippen molar-refractivity contribution in [2.24, 2.45) is 0 Å². The maximum Gasteiger partial charge on any atom is 0.313 e. The van der Waals surface area contributed by atoms with Crippen LogP contribution < -0.4 is 15.4 Å². The van der Waals surface area contributed by atoms with Crippen LogP contribution in [0.25, 0.3) is 0 Å². The molecule has 8 heteroatoms. The van der Waals surface area contributed by atoms with E-state index in [0.29, 0.717) is 0 Å². The fourth-order valence-corrected chi connectivity index (χ4v) is 4.09. The van der Waals surface area contributed by atoms with Gasteiger partial charge in [0.1, 0.15) is 0 Å². The fraction of sp³-hybridized carbons (Fsp3) is 0.500. The molecule has 2 saturated carbocycles. The summed E-state index contributed by atoms with van der Waals surface area (Å²) in [6.45, 7) is 0. The molecule has 3 rings (SSSR count). The SMILES string of the molecule is O=C(Nc1cccc(S(=O)(=O)NC2CC2)c1)C(=O)NC1CCCC1. The number of carbonyl (C=O) groups excluding carboxylic acids is 2. The van der Waals surface area contributed by atoms with Gasteiger partial charge in [0, 0.05) is 17.8 Å². The van der Waals surface area contributed by atoms with E-state index in [1.54, 1.807) is 6.07 Å². The lowest BCUT2D eigenvalue weighted by atomic mass is 10.2. The molecule has 2 amide bonds. The van der Waals surface area contributed by atoms with E-state index >= 15 is 0 Å². The lowest BCUT2D eigenvalue weighted by molar-refractivity contribution is -0.136. The monoisotopic (exact) mass is 351 g/mol. The number of amides is 2. The molecule has 0 spiro atoms. The molecule has 24 heavy (non-hydrogen) atoms. The van der Waals surface area contributed by atoms with Crippen molar-refractivity contribution in [3.8, 4) is 0 Å². The Labute approximate surface area is 141 Å². The van der Waals surface area contributed by atoms with Crippen LogP contribution in [0.4, 0.5) is 5.69 Å². The predicted octanol–water partition coefficient (Wildman–Crippen LogP) is 1.12. The predicted molar refractivity (Wildman–Crippen MR) is 88.8 cm³/mol. The van der Waals surface area contributed by atoms with Crippen molar-refractivity contribution >= 4 is 27.5 Å². The average Bonchev–Trinajstić information content (AvgIpc) is 3.19. The number of hydrogen-bond donors (Lipinski definition) is 3. The number of benzene rings is 1. The molecule has 130 valence electrons. The van der Waals surface area contributed by atoms with Crippen LogP contribution in [0.2, 0.25) is 0 Å². The molecule has 0 aromatic heterocycles. The molecular weight excluding hydrogens is 330 g/mol. The van der Waals surface area contributed by atoms with Crippen LogP contribution in [-0.2, 0) is 19.6 Å². The summed E-state index contributed by atoms with van der Waals surface area (Å²) in [5.74, 6) is -1.47.